The third kappa shape index (κ3) is 3.02. The largest absolute Gasteiger partial charge is 0.480 e. The van der Waals surface area contributed by atoms with E-state index in [1.807, 2.05) is 24.3 Å². The summed E-state index contributed by atoms with van der Waals surface area (Å²) in [4.78, 5) is 40.0. The SMILES string of the molecule is O=C(O)CNC(=O)C1CSCN1C(=O)c1c[nH]c2ccccc12. The zero-order valence-electron chi connectivity index (χ0n) is 12.1. The number of H-pyrrole nitrogens is 1. The van der Waals surface area contributed by atoms with Crippen molar-refractivity contribution < 1.29 is 19.5 Å². The second-order valence-corrected chi connectivity index (χ2v) is 6.15. The molecule has 1 aromatic heterocycles. The van der Waals surface area contributed by atoms with E-state index in [2.05, 4.69) is 10.3 Å². The van der Waals surface area contributed by atoms with Crippen LogP contribution in [0, 0.1) is 0 Å². The number of hydrogen-bond acceptors (Lipinski definition) is 4. The number of amides is 2. The lowest BCUT2D eigenvalue weighted by Crippen LogP contribution is -2.48. The van der Waals surface area contributed by atoms with Crippen molar-refractivity contribution in [2.45, 2.75) is 6.04 Å². The lowest BCUT2D eigenvalue weighted by atomic mass is 10.1. The number of nitrogens with zero attached hydrogens (tertiary/aromatic N) is 1. The first-order valence-corrected chi connectivity index (χ1v) is 8.17. The van der Waals surface area contributed by atoms with Crippen molar-refractivity contribution >= 4 is 40.4 Å². The Balaban J connectivity index is 1.80. The molecule has 2 heterocycles. The smallest absolute Gasteiger partial charge is 0.322 e. The lowest BCUT2D eigenvalue weighted by molar-refractivity contribution is -0.138. The number of benzene rings is 1. The van der Waals surface area contributed by atoms with E-state index in [0.29, 0.717) is 17.2 Å². The van der Waals surface area contributed by atoms with Gasteiger partial charge in [0.15, 0.2) is 0 Å². The molecule has 1 fully saturated rings. The van der Waals surface area contributed by atoms with Crippen LogP contribution in [-0.4, -0.2) is 57.0 Å². The number of para-hydroxylation sites is 1. The molecule has 1 aliphatic rings. The fraction of sp³-hybridized carbons (Fsp3) is 0.267. The van der Waals surface area contributed by atoms with E-state index in [1.165, 1.54) is 16.7 Å². The fourth-order valence-electron chi connectivity index (χ4n) is 2.54. The molecule has 7 nitrogen and oxygen atoms in total. The fourth-order valence-corrected chi connectivity index (χ4v) is 3.70. The Kier molecular flexibility index (Phi) is 4.24. The van der Waals surface area contributed by atoms with Gasteiger partial charge in [-0.25, -0.2) is 0 Å². The molecule has 3 rings (SSSR count). The number of thioether (sulfide) groups is 1. The molecule has 120 valence electrons. The van der Waals surface area contributed by atoms with Crippen LogP contribution < -0.4 is 5.32 Å². The van der Waals surface area contributed by atoms with Crippen molar-refractivity contribution in [1.29, 1.82) is 0 Å². The van der Waals surface area contributed by atoms with Gasteiger partial charge in [-0.3, -0.25) is 14.4 Å². The third-order valence-electron chi connectivity index (χ3n) is 3.68. The topological polar surface area (TPSA) is 102 Å². The maximum atomic E-state index is 12.8. The third-order valence-corrected chi connectivity index (χ3v) is 4.69. The van der Waals surface area contributed by atoms with Crippen molar-refractivity contribution in [3.63, 3.8) is 0 Å². The van der Waals surface area contributed by atoms with Gasteiger partial charge in [-0.15, -0.1) is 11.8 Å². The van der Waals surface area contributed by atoms with E-state index >= 15 is 0 Å². The van der Waals surface area contributed by atoms with Crippen LogP contribution in [0.3, 0.4) is 0 Å². The minimum Gasteiger partial charge on any atom is -0.480 e. The number of carboxylic acids is 1. The molecule has 23 heavy (non-hydrogen) atoms. The highest BCUT2D eigenvalue weighted by atomic mass is 32.2. The number of aliphatic carboxylic acids is 1. The number of fused-ring (bicyclic) bond motifs is 1. The maximum absolute atomic E-state index is 12.8. The first kappa shape index (κ1) is 15.4. The number of aromatic amines is 1. The molecule has 2 aromatic rings. The average Bonchev–Trinajstić information content (AvgIpc) is 3.18. The summed E-state index contributed by atoms with van der Waals surface area (Å²) < 4.78 is 0. The molecule has 0 aliphatic carbocycles. The van der Waals surface area contributed by atoms with E-state index in [1.54, 1.807) is 6.20 Å². The highest BCUT2D eigenvalue weighted by molar-refractivity contribution is 7.99. The van der Waals surface area contributed by atoms with Crippen molar-refractivity contribution in [3.05, 3.63) is 36.0 Å². The van der Waals surface area contributed by atoms with E-state index in [-0.39, 0.29) is 5.91 Å². The molecule has 0 bridgehead atoms. The average molecular weight is 333 g/mol. The molecule has 0 radical (unpaired) electrons. The van der Waals surface area contributed by atoms with Gasteiger partial charge in [-0.05, 0) is 6.07 Å². The van der Waals surface area contributed by atoms with Crippen LogP contribution in [0.5, 0.6) is 0 Å². The minimum atomic E-state index is -1.11. The lowest BCUT2D eigenvalue weighted by Gasteiger charge is -2.22. The van der Waals surface area contributed by atoms with E-state index in [0.717, 1.165) is 10.9 Å². The highest BCUT2D eigenvalue weighted by Crippen LogP contribution is 2.26. The number of rotatable bonds is 4. The number of carbonyl (C=O) groups excluding carboxylic acids is 2. The molecule has 1 aliphatic heterocycles. The van der Waals surface area contributed by atoms with E-state index in [9.17, 15) is 14.4 Å². The number of hydrogen-bond donors (Lipinski definition) is 3. The minimum absolute atomic E-state index is 0.233. The normalized spacial score (nSPS) is 17.4. The van der Waals surface area contributed by atoms with Gasteiger partial charge in [0.05, 0.1) is 11.4 Å². The molecular formula is C15H15N3O4S. The molecule has 1 aromatic carbocycles. The Bertz CT molecular complexity index is 773. The Labute approximate surface area is 136 Å². The van der Waals surface area contributed by atoms with Crippen molar-refractivity contribution in [1.82, 2.24) is 15.2 Å². The van der Waals surface area contributed by atoms with Crippen LogP contribution in [-0.2, 0) is 9.59 Å². The van der Waals surface area contributed by atoms with Gasteiger partial charge < -0.3 is 20.3 Å². The number of nitrogens with one attached hydrogen (secondary N) is 2. The molecule has 0 spiro atoms. The van der Waals surface area contributed by atoms with Gasteiger partial charge in [-0.2, -0.15) is 0 Å². The molecule has 1 saturated heterocycles. The molecule has 2 amide bonds. The van der Waals surface area contributed by atoms with Crippen LogP contribution in [0.4, 0.5) is 0 Å². The van der Waals surface area contributed by atoms with Gasteiger partial charge in [0.2, 0.25) is 5.91 Å². The summed E-state index contributed by atoms with van der Waals surface area (Å²) in [5, 5.41) is 11.8. The summed E-state index contributed by atoms with van der Waals surface area (Å²) in [6.07, 6.45) is 1.64. The monoisotopic (exact) mass is 333 g/mol. The van der Waals surface area contributed by atoms with Gasteiger partial charge >= 0.3 is 5.97 Å². The quantitative estimate of drug-likeness (QED) is 0.771. The second-order valence-electron chi connectivity index (χ2n) is 5.15. The zero-order chi connectivity index (χ0) is 16.4. The Morgan fingerprint density at radius 1 is 1.35 bits per heavy atom. The summed E-state index contributed by atoms with van der Waals surface area (Å²) in [6.45, 7) is -0.449. The summed E-state index contributed by atoms with van der Waals surface area (Å²) in [7, 11) is 0. The zero-order valence-corrected chi connectivity index (χ0v) is 12.9. The van der Waals surface area contributed by atoms with Crippen LogP contribution in [0.15, 0.2) is 30.5 Å². The van der Waals surface area contributed by atoms with Crippen molar-refractivity contribution in [2.75, 3.05) is 18.2 Å². The molecule has 3 N–H and O–H groups in total. The summed E-state index contributed by atoms with van der Waals surface area (Å²) >= 11 is 1.47. The van der Waals surface area contributed by atoms with Crippen molar-refractivity contribution in [3.8, 4) is 0 Å². The molecule has 0 saturated carbocycles. The van der Waals surface area contributed by atoms with E-state index in [4.69, 9.17) is 5.11 Å². The summed E-state index contributed by atoms with van der Waals surface area (Å²) in [5.41, 5.74) is 1.37. The van der Waals surface area contributed by atoms with Crippen LogP contribution in [0.2, 0.25) is 0 Å². The summed E-state index contributed by atoms with van der Waals surface area (Å²) in [6, 6.07) is 6.80. The van der Waals surface area contributed by atoms with Crippen LogP contribution in [0.25, 0.3) is 10.9 Å². The first-order valence-electron chi connectivity index (χ1n) is 7.02. The first-order chi connectivity index (χ1) is 11.1. The Morgan fingerprint density at radius 2 is 2.13 bits per heavy atom. The maximum Gasteiger partial charge on any atom is 0.322 e. The van der Waals surface area contributed by atoms with Gasteiger partial charge in [0, 0.05) is 22.9 Å². The molecule has 1 unspecified atom stereocenters. The van der Waals surface area contributed by atoms with Crippen LogP contribution in [0.1, 0.15) is 10.4 Å². The van der Waals surface area contributed by atoms with Crippen molar-refractivity contribution in [2.24, 2.45) is 0 Å². The molecule has 8 heteroatoms. The van der Waals surface area contributed by atoms with Gasteiger partial charge in [0.25, 0.3) is 5.91 Å². The second kappa shape index (κ2) is 6.33. The number of carboxylic acid groups (broad SMARTS) is 1. The number of aromatic nitrogens is 1. The Morgan fingerprint density at radius 3 is 2.91 bits per heavy atom. The highest BCUT2D eigenvalue weighted by Gasteiger charge is 2.35. The standard InChI is InChI=1S/C15H15N3O4S/c19-13(20)6-17-14(21)12-7-23-8-18(12)15(22)10-5-16-11-4-2-1-3-9(10)11/h1-5,12,16H,6-8H2,(H,17,21)(H,19,20). The molecule has 1 atom stereocenters. The van der Waals surface area contributed by atoms with Crippen LogP contribution >= 0.6 is 11.8 Å². The predicted molar refractivity (Wildman–Crippen MR) is 86.2 cm³/mol. The molecular weight excluding hydrogens is 318 g/mol. The van der Waals surface area contributed by atoms with Gasteiger partial charge in [0.1, 0.15) is 12.6 Å². The summed E-state index contributed by atoms with van der Waals surface area (Å²) in [5.74, 6) is -0.921. The number of carbonyl (C=O) groups is 3. The predicted octanol–water partition coefficient (Wildman–Crippen LogP) is 0.884. The Hall–Kier alpha value is -2.48. The van der Waals surface area contributed by atoms with Gasteiger partial charge in [-0.1, -0.05) is 18.2 Å². The van der Waals surface area contributed by atoms with E-state index < -0.39 is 24.5 Å².